The minimum Gasteiger partial charge on any atom is -0.445 e. The number of anilines is 1. The SMILES string of the molecule is Cc1cc(=O)oc2cc(NC(=O)[C@H](CCCCNC(=O)C(F)(F)F)NC(=O)[C@H](Cc3ccccc3)NC(=O)OCc3ccccc3)ccc12. The lowest BCUT2D eigenvalue weighted by Gasteiger charge is -2.23. The number of carbonyl (C=O) groups excluding carboxylic acids is 4. The Morgan fingerprint density at radius 2 is 1.49 bits per heavy atom. The number of carbonyl (C=O) groups is 4. The van der Waals surface area contributed by atoms with E-state index in [2.05, 4.69) is 16.0 Å². The molecule has 258 valence electrons. The van der Waals surface area contributed by atoms with E-state index >= 15 is 0 Å². The number of ether oxygens (including phenoxy) is 1. The number of halogens is 3. The summed E-state index contributed by atoms with van der Waals surface area (Å²) in [5.74, 6) is -3.47. The first kappa shape index (κ1) is 36.2. The molecular weight excluding hydrogens is 645 g/mol. The molecule has 11 nitrogen and oxygen atoms in total. The van der Waals surface area contributed by atoms with Gasteiger partial charge in [0.15, 0.2) is 0 Å². The molecule has 0 saturated heterocycles. The van der Waals surface area contributed by atoms with Crippen LogP contribution in [0.5, 0.6) is 0 Å². The van der Waals surface area contributed by atoms with E-state index in [-0.39, 0.29) is 50.1 Å². The molecule has 0 spiro atoms. The number of aryl methyl sites for hydroxylation is 1. The second-order valence-corrected chi connectivity index (χ2v) is 11.2. The summed E-state index contributed by atoms with van der Waals surface area (Å²) in [6, 6.07) is 21.4. The van der Waals surface area contributed by atoms with E-state index in [1.165, 1.54) is 12.1 Å². The molecule has 0 saturated carbocycles. The Bertz CT molecular complexity index is 1820. The third kappa shape index (κ3) is 11.2. The van der Waals surface area contributed by atoms with Crippen molar-refractivity contribution in [2.75, 3.05) is 11.9 Å². The molecule has 14 heteroatoms. The number of alkyl carbamates (subject to hydrolysis) is 1. The van der Waals surface area contributed by atoms with Crippen LogP contribution in [0.1, 0.15) is 36.0 Å². The minimum absolute atomic E-state index is 0.0300. The third-order valence-corrected chi connectivity index (χ3v) is 7.42. The maximum Gasteiger partial charge on any atom is 0.471 e. The predicted molar refractivity (Wildman–Crippen MR) is 174 cm³/mol. The summed E-state index contributed by atoms with van der Waals surface area (Å²) >= 11 is 0. The van der Waals surface area contributed by atoms with Gasteiger partial charge in [0, 0.05) is 36.2 Å². The van der Waals surface area contributed by atoms with Crippen LogP contribution in [0.15, 0.2) is 94.1 Å². The molecule has 0 aliphatic heterocycles. The highest BCUT2D eigenvalue weighted by Gasteiger charge is 2.38. The van der Waals surface area contributed by atoms with E-state index in [1.54, 1.807) is 79.0 Å². The van der Waals surface area contributed by atoms with Gasteiger partial charge in [-0.25, -0.2) is 9.59 Å². The summed E-state index contributed by atoms with van der Waals surface area (Å²) in [7, 11) is 0. The van der Waals surface area contributed by atoms with Gasteiger partial charge in [0.2, 0.25) is 11.8 Å². The van der Waals surface area contributed by atoms with Gasteiger partial charge in [0.1, 0.15) is 24.3 Å². The maximum absolute atomic E-state index is 13.7. The summed E-state index contributed by atoms with van der Waals surface area (Å²) < 4.78 is 48.3. The van der Waals surface area contributed by atoms with Gasteiger partial charge in [0.25, 0.3) is 0 Å². The summed E-state index contributed by atoms with van der Waals surface area (Å²) in [4.78, 5) is 63.0. The van der Waals surface area contributed by atoms with E-state index in [0.29, 0.717) is 16.5 Å². The standard InChI is InChI=1S/C35H35F3N4O7/c1-22-18-30(43)49-29-20-25(15-16-26(22)29)40-31(44)27(14-8-9-17-39-33(46)35(36,37)38)41-32(45)28(19-23-10-4-2-5-11-23)42-34(47)48-21-24-12-6-3-7-13-24/h2-7,10-13,15-16,18,20,27-28H,8-9,14,17,19,21H2,1H3,(H,39,46)(H,40,44)(H,41,45)(H,42,47)/t27-,28-/m0/s1. The van der Waals surface area contributed by atoms with Gasteiger partial charge in [-0.15, -0.1) is 0 Å². The Balaban J connectivity index is 1.49. The van der Waals surface area contributed by atoms with Crippen molar-refractivity contribution in [2.24, 2.45) is 0 Å². The Labute approximate surface area is 279 Å². The molecule has 3 aromatic carbocycles. The van der Waals surface area contributed by atoms with E-state index < -0.39 is 47.7 Å². The molecule has 1 heterocycles. The van der Waals surface area contributed by atoms with E-state index in [9.17, 15) is 37.1 Å². The number of amides is 4. The molecule has 4 amide bonds. The normalized spacial score (nSPS) is 12.4. The van der Waals surface area contributed by atoms with Crippen LogP contribution in [0, 0.1) is 6.92 Å². The van der Waals surface area contributed by atoms with Crippen molar-refractivity contribution in [3.8, 4) is 0 Å². The summed E-state index contributed by atoms with van der Waals surface area (Å²) in [6.07, 6.45) is -5.67. The van der Waals surface area contributed by atoms with Gasteiger partial charge in [-0.05, 0) is 55.0 Å². The Morgan fingerprint density at radius 1 is 0.816 bits per heavy atom. The summed E-state index contributed by atoms with van der Waals surface area (Å²) in [6.45, 7) is 1.38. The first-order valence-electron chi connectivity index (χ1n) is 15.4. The zero-order valence-corrected chi connectivity index (χ0v) is 26.5. The van der Waals surface area contributed by atoms with Gasteiger partial charge in [-0.3, -0.25) is 14.4 Å². The molecule has 0 radical (unpaired) electrons. The van der Waals surface area contributed by atoms with Crippen molar-refractivity contribution in [1.29, 1.82) is 0 Å². The molecule has 2 atom stereocenters. The van der Waals surface area contributed by atoms with Gasteiger partial charge >= 0.3 is 23.8 Å². The number of rotatable bonds is 14. The molecule has 1 aromatic heterocycles. The van der Waals surface area contributed by atoms with Crippen LogP contribution in [-0.2, 0) is 32.1 Å². The largest absolute Gasteiger partial charge is 0.471 e. The zero-order valence-electron chi connectivity index (χ0n) is 26.5. The highest BCUT2D eigenvalue weighted by atomic mass is 19.4. The van der Waals surface area contributed by atoms with Crippen LogP contribution in [0.25, 0.3) is 11.0 Å². The summed E-state index contributed by atoms with van der Waals surface area (Å²) in [5.41, 5.74) is 2.02. The van der Waals surface area contributed by atoms with Gasteiger partial charge in [0.05, 0.1) is 0 Å². The Hall–Kier alpha value is -5.66. The van der Waals surface area contributed by atoms with Crippen LogP contribution < -0.4 is 26.9 Å². The number of alkyl halides is 3. The average molecular weight is 681 g/mol. The van der Waals surface area contributed by atoms with Crippen LogP contribution >= 0.6 is 0 Å². The lowest BCUT2D eigenvalue weighted by molar-refractivity contribution is -0.173. The van der Waals surface area contributed by atoms with Gasteiger partial charge in [-0.2, -0.15) is 13.2 Å². The van der Waals surface area contributed by atoms with E-state index in [4.69, 9.17) is 9.15 Å². The highest BCUT2D eigenvalue weighted by Crippen LogP contribution is 2.21. The molecule has 4 aromatic rings. The molecule has 49 heavy (non-hydrogen) atoms. The first-order chi connectivity index (χ1) is 23.4. The number of hydrogen-bond donors (Lipinski definition) is 4. The number of nitrogens with one attached hydrogen (secondary N) is 4. The highest BCUT2D eigenvalue weighted by molar-refractivity contribution is 5.99. The Kier molecular flexibility index (Phi) is 12.5. The third-order valence-electron chi connectivity index (χ3n) is 7.42. The molecule has 0 aliphatic carbocycles. The minimum atomic E-state index is -5.03. The van der Waals surface area contributed by atoms with Crippen LogP contribution in [-0.4, -0.2) is 48.6 Å². The van der Waals surface area contributed by atoms with Crippen molar-refractivity contribution in [3.63, 3.8) is 0 Å². The second-order valence-electron chi connectivity index (χ2n) is 11.2. The monoisotopic (exact) mass is 680 g/mol. The fraction of sp³-hybridized carbons (Fsp3) is 0.286. The molecule has 0 unspecified atom stereocenters. The summed E-state index contributed by atoms with van der Waals surface area (Å²) in [5, 5.41) is 10.3. The zero-order chi connectivity index (χ0) is 35.4. The maximum atomic E-state index is 13.7. The van der Waals surface area contributed by atoms with Crippen molar-refractivity contribution in [3.05, 3.63) is 112 Å². The quantitative estimate of drug-likeness (QED) is 0.109. The molecular formula is C35H35F3N4O7. The molecule has 0 fully saturated rings. The van der Waals surface area contributed by atoms with Crippen molar-refractivity contribution >= 4 is 40.5 Å². The van der Waals surface area contributed by atoms with Gasteiger partial charge < -0.3 is 30.4 Å². The fourth-order valence-corrected chi connectivity index (χ4v) is 4.91. The topological polar surface area (TPSA) is 156 Å². The van der Waals surface area contributed by atoms with Crippen LogP contribution in [0.2, 0.25) is 0 Å². The fourth-order valence-electron chi connectivity index (χ4n) is 4.91. The number of benzene rings is 3. The molecule has 4 rings (SSSR count). The van der Waals surface area contributed by atoms with Crippen molar-refractivity contribution < 1.29 is 41.5 Å². The van der Waals surface area contributed by atoms with Crippen molar-refractivity contribution in [1.82, 2.24) is 16.0 Å². The van der Waals surface area contributed by atoms with Crippen LogP contribution in [0.4, 0.5) is 23.7 Å². The average Bonchev–Trinajstić information content (AvgIpc) is 3.06. The molecule has 0 aliphatic rings. The Morgan fingerprint density at radius 3 is 2.16 bits per heavy atom. The lowest BCUT2D eigenvalue weighted by atomic mass is 10.0. The molecule has 0 bridgehead atoms. The lowest BCUT2D eigenvalue weighted by Crippen LogP contribution is -2.53. The van der Waals surface area contributed by atoms with E-state index in [0.717, 1.165) is 5.56 Å². The molecule has 4 N–H and O–H groups in total. The number of hydrogen-bond acceptors (Lipinski definition) is 7. The van der Waals surface area contributed by atoms with E-state index in [1.807, 2.05) is 6.07 Å². The number of fused-ring (bicyclic) bond motifs is 1. The smallest absolute Gasteiger partial charge is 0.445 e. The predicted octanol–water partition coefficient (Wildman–Crippen LogP) is 4.91. The number of unbranched alkanes of at least 4 members (excludes halogenated alkanes) is 1. The first-order valence-corrected chi connectivity index (χ1v) is 15.4. The van der Waals surface area contributed by atoms with Crippen LogP contribution in [0.3, 0.4) is 0 Å². The van der Waals surface area contributed by atoms with Gasteiger partial charge in [-0.1, -0.05) is 60.7 Å². The van der Waals surface area contributed by atoms with Crippen molar-refractivity contribution in [2.45, 2.75) is 57.5 Å². The second kappa shape index (κ2) is 16.9.